The number of halogens is 1. The van der Waals surface area contributed by atoms with Crippen molar-refractivity contribution in [1.82, 2.24) is 29.9 Å². The lowest BCUT2D eigenvalue weighted by atomic mass is 9.98. The lowest BCUT2D eigenvalue weighted by Gasteiger charge is -2.14. The number of aromatic nitrogens is 6. The number of H-pyrrole nitrogens is 6. The van der Waals surface area contributed by atoms with E-state index in [1.807, 2.05) is 178 Å². The average molecular weight is 1920 g/mol. The molecule has 5 atom stereocenters. The van der Waals surface area contributed by atoms with Crippen LogP contribution >= 0.6 is 11.6 Å². The van der Waals surface area contributed by atoms with Crippen molar-refractivity contribution in [2.75, 3.05) is 46.1 Å². The molecular weight excluding hydrogens is 1810 g/mol. The second-order valence-corrected chi connectivity index (χ2v) is 32.7. The Hall–Kier alpha value is -18.1. The number of nitrogens with one attached hydrogen (secondary N) is 12. The number of Topliss-reactive ketones (excluding diaryl/α,β-unsaturated/α-hetero) is 4. The zero-order valence-corrected chi connectivity index (χ0v) is 79.6. The summed E-state index contributed by atoms with van der Waals surface area (Å²) in [6.07, 6.45) is 0. The lowest BCUT2D eigenvalue weighted by molar-refractivity contribution is -0.130. The molecule has 31 nitrogen and oxygen atoms in total. The van der Waals surface area contributed by atoms with E-state index in [1.54, 1.807) is 154 Å². The number of phenolic OH excluding ortho intramolecular Hbond substituents is 3. The maximum Gasteiger partial charge on any atom is 0.323 e. The van der Waals surface area contributed by atoms with Crippen molar-refractivity contribution in [1.29, 1.82) is 5.26 Å². The summed E-state index contributed by atoms with van der Waals surface area (Å²) in [4.78, 5) is 167. The fraction of sp³-hybridized carbons (Fsp3) is 0.156. The Morgan fingerprint density at radius 3 is 1.16 bits per heavy atom. The molecule has 0 aliphatic rings. The van der Waals surface area contributed by atoms with Crippen molar-refractivity contribution < 1.29 is 72.7 Å². The molecule has 17 rings (SSSR count). The predicted molar refractivity (Wildman–Crippen MR) is 551 cm³/mol. The number of ketones is 4. The largest absolute Gasteiger partial charge is 0.507 e. The Labute approximate surface area is 813 Å². The SMILES string of the molecule is CC(=O)C(C)C(=O)Nc1ccc2[nH]c(=O)[nH]c2c1.CC(C#N)C(=O)Nc1ccc2[nH]c(=O)[nH]c2c1.CC(C(=O)Nc1ccc2[nH]c(=O)[nH]c2c1)C(=O)c1ccccc1.CC(C(=O)Nc1ccccc1)C(=O)c1ccccc1.COc1cc(NC(=O)C(C)C(C)=O)c(OC)cc1Cl.Cc1c(O)c(C(=O)Nc2ccccc2)cc2ccccc12.Cc1ccc(O)c2ccccc12.Cc1ccc2ccccc2c1O. The smallest absolute Gasteiger partial charge is 0.323 e. The number of anilines is 6. The van der Waals surface area contributed by atoms with Crippen LogP contribution in [0.5, 0.6) is 28.7 Å². The van der Waals surface area contributed by atoms with Gasteiger partial charge in [0.25, 0.3) is 5.91 Å². The summed E-state index contributed by atoms with van der Waals surface area (Å²) >= 11 is 5.96. The number of imidazole rings is 3. The topological polar surface area (TPSA) is 492 Å². The van der Waals surface area contributed by atoms with E-state index in [1.165, 1.54) is 53.5 Å². The van der Waals surface area contributed by atoms with E-state index >= 15 is 0 Å². The third-order valence-corrected chi connectivity index (χ3v) is 22.5. The highest BCUT2D eigenvalue weighted by Crippen LogP contribution is 2.37. The molecule has 141 heavy (non-hydrogen) atoms. The minimum Gasteiger partial charge on any atom is -0.507 e. The first-order chi connectivity index (χ1) is 67.4. The van der Waals surface area contributed by atoms with E-state index in [-0.39, 0.29) is 75.1 Å². The molecule has 0 spiro atoms. The summed E-state index contributed by atoms with van der Waals surface area (Å²) in [6, 6.07) is 88.4. The fourth-order valence-corrected chi connectivity index (χ4v) is 13.9. The van der Waals surface area contributed by atoms with Crippen molar-refractivity contribution in [3.63, 3.8) is 0 Å². The number of aryl methyl sites for hydroxylation is 3. The van der Waals surface area contributed by atoms with Crippen molar-refractivity contribution >= 4 is 170 Å². The molecule has 0 aliphatic heterocycles. The minimum absolute atomic E-state index is 0.0298. The molecule has 32 heteroatoms. The van der Waals surface area contributed by atoms with Crippen LogP contribution in [0, 0.1) is 61.7 Å². The molecular formula is C109H104ClN13O18. The molecule has 0 saturated carbocycles. The van der Waals surface area contributed by atoms with Gasteiger partial charge in [-0.25, -0.2) is 14.4 Å². The van der Waals surface area contributed by atoms with E-state index in [4.69, 9.17) is 26.3 Å². The molecule has 0 radical (unpaired) electrons. The normalized spacial score (nSPS) is 11.5. The Morgan fingerprint density at radius 2 is 0.716 bits per heavy atom. The predicted octanol–water partition coefficient (Wildman–Crippen LogP) is 19.8. The van der Waals surface area contributed by atoms with Gasteiger partial charge in [0.15, 0.2) is 11.6 Å². The Kier molecular flexibility index (Phi) is 37.2. The van der Waals surface area contributed by atoms with Crippen LogP contribution in [0.25, 0.3) is 65.4 Å². The molecule has 0 saturated heterocycles. The number of rotatable bonds is 20. The van der Waals surface area contributed by atoms with Gasteiger partial charge in [0.05, 0.1) is 93.3 Å². The molecule has 0 bridgehead atoms. The number of benzene rings is 14. The van der Waals surface area contributed by atoms with Crippen molar-refractivity contribution in [3.8, 4) is 34.8 Å². The lowest BCUT2D eigenvalue weighted by Crippen LogP contribution is -2.27. The third kappa shape index (κ3) is 29.0. The van der Waals surface area contributed by atoms with Crippen LogP contribution in [0.4, 0.5) is 34.1 Å². The Morgan fingerprint density at radius 1 is 0.348 bits per heavy atom. The summed E-state index contributed by atoms with van der Waals surface area (Å²) in [5.74, 6) is -5.00. The summed E-state index contributed by atoms with van der Waals surface area (Å²) in [5.41, 5.74) is 10.5. The highest BCUT2D eigenvalue weighted by Gasteiger charge is 2.27. The quantitative estimate of drug-likeness (QED) is 0.0249. The number of para-hydroxylation sites is 2. The summed E-state index contributed by atoms with van der Waals surface area (Å²) in [7, 11) is 2.93. The number of amides is 6. The monoisotopic (exact) mass is 1920 g/mol. The van der Waals surface area contributed by atoms with E-state index in [9.17, 15) is 77.6 Å². The molecule has 17 aromatic rings. The number of aromatic hydroxyl groups is 3. The summed E-state index contributed by atoms with van der Waals surface area (Å²) in [6.45, 7) is 16.3. The van der Waals surface area contributed by atoms with Gasteiger partial charge in [-0.3, -0.25) is 47.9 Å². The number of phenols is 3. The molecule has 720 valence electrons. The maximum atomic E-state index is 12.4. The minimum atomic E-state index is -0.807. The first kappa shape index (κ1) is 105. The number of methoxy groups -OCH3 is 2. The molecule has 3 aromatic heterocycles. The number of hydrogen-bond acceptors (Lipinski definition) is 19. The van der Waals surface area contributed by atoms with E-state index < -0.39 is 41.4 Å². The van der Waals surface area contributed by atoms with Gasteiger partial charge in [-0.05, 0) is 198 Å². The molecule has 15 N–H and O–H groups in total. The highest BCUT2D eigenvalue weighted by atomic mass is 35.5. The average Bonchev–Trinajstić information content (AvgIpc) is 1.68. The van der Waals surface area contributed by atoms with E-state index in [2.05, 4.69) is 61.8 Å². The standard InChI is InChI=1S/C18H15NO2.C17H15N3O3.C16H15NO2.C13H16ClNO4.C12H13N3O3.C11H10N4O2.2C11H10O/c1-12-15-10-6-5-7-13(15)11-16(17(12)20)18(21)19-14-8-3-2-4-9-14;1-10(15(21)11-5-3-2-4-6-11)16(22)18-12-7-8-13-14(9-12)20-17(23)19-13;1-12(15(18)13-8-4-2-5-9-13)16(19)17-14-10-6-3-7-11-14;1-7(8(2)16)13(17)15-10-6-11(18-3)9(14)5-12(10)19-4;1-6(7(2)16)11(17)13-8-3-4-9-10(5-8)15-12(18)14-9;1-6(5-12)10(16)13-7-2-3-8-9(4-7)15-11(17)14-8;1-8-6-7-11(12)10-5-3-2-4-9(8)10;1-8-6-7-9-4-2-3-5-10(9)11(8)12/h2-11,20H,1H3,(H,19,21);2-10H,1H3,(H,18,22)(H2,19,20,23);2-12H,1H3,(H,17,19);5-7H,1-4H3,(H,15,17);3-6H,1-2H3,(H,13,17)(H2,14,15,18);2-4,6H,1H3,(H,13,16)(H2,14,15,17);2*2-7,12H,1H3. The fourth-order valence-electron chi connectivity index (χ4n) is 13.6. The Bertz CT molecular complexity index is 7590. The second-order valence-electron chi connectivity index (χ2n) is 32.3. The summed E-state index contributed by atoms with van der Waals surface area (Å²) in [5, 5.41) is 60.4. The number of ether oxygens (including phenoxy) is 2. The molecule has 0 aliphatic carbocycles. The molecule has 0 fully saturated rings. The van der Waals surface area contributed by atoms with Gasteiger partial charge in [0.1, 0.15) is 46.2 Å². The molecule has 14 aromatic carbocycles. The van der Waals surface area contributed by atoms with Crippen molar-refractivity contribution in [2.24, 2.45) is 29.6 Å². The van der Waals surface area contributed by atoms with Crippen LogP contribution in [-0.2, 0) is 33.6 Å². The summed E-state index contributed by atoms with van der Waals surface area (Å²) < 4.78 is 10.2. The van der Waals surface area contributed by atoms with Crippen LogP contribution in [0.15, 0.2) is 306 Å². The zero-order chi connectivity index (χ0) is 102. The van der Waals surface area contributed by atoms with Crippen LogP contribution in [0.2, 0.25) is 5.02 Å². The van der Waals surface area contributed by atoms with E-state index in [0.717, 1.165) is 37.9 Å². The van der Waals surface area contributed by atoms with Gasteiger partial charge in [0.2, 0.25) is 29.5 Å². The first-order valence-electron chi connectivity index (χ1n) is 44.1. The molecule has 5 unspecified atom stereocenters. The van der Waals surface area contributed by atoms with Crippen LogP contribution in [0.1, 0.15) is 96.2 Å². The Balaban J connectivity index is 0.000000167. The number of nitrogens with zero attached hydrogens (tertiary/aromatic N) is 1. The van der Waals surface area contributed by atoms with Gasteiger partial charge in [-0.2, -0.15) is 5.26 Å². The van der Waals surface area contributed by atoms with Gasteiger partial charge >= 0.3 is 17.1 Å². The van der Waals surface area contributed by atoms with Crippen molar-refractivity contribution in [3.05, 3.63) is 361 Å². The van der Waals surface area contributed by atoms with Crippen LogP contribution < -0.4 is 58.4 Å². The number of carbonyl (C=O) groups is 10. The van der Waals surface area contributed by atoms with Gasteiger partial charge in [0, 0.05) is 62.5 Å². The third-order valence-electron chi connectivity index (χ3n) is 22.2. The first-order valence-corrected chi connectivity index (χ1v) is 44.5. The highest BCUT2D eigenvalue weighted by molar-refractivity contribution is 6.32. The molecule has 6 amide bonds. The zero-order valence-electron chi connectivity index (χ0n) is 78.9. The van der Waals surface area contributed by atoms with Crippen LogP contribution in [-0.4, -0.2) is 118 Å². The van der Waals surface area contributed by atoms with E-state index in [0.29, 0.717) is 112 Å². The van der Waals surface area contributed by atoms with Gasteiger partial charge in [-0.15, -0.1) is 0 Å². The second kappa shape index (κ2) is 50.0. The molecule has 3 heterocycles. The van der Waals surface area contributed by atoms with Gasteiger partial charge < -0.3 is 86.6 Å². The number of nitriles is 1. The number of hydrogen-bond donors (Lipinski definition) is 15. The number of aromatic amines is 6. The van der Waals surface area contributed by atoms with Crippen molar-refractivity contribution in [2.45, 2.75) is 69.2 Å². The van der Waals surface area contributed by atoms with Crippen LogP contribution in [0.3, 0.4) is 0 Å². The number of fused-ring (bicyclic) bond motifs is 6. The maximum absolute atomic E-state index is 12.4. The number of carbonyl (C=O) groups excluding carboxylic acids is 10. The van der Waals surface area contributed by atoms with Gasteiger partial charge in [-0.1, -0.05) is 200 Å².